The Balaban J connectivity index is 1.84. The summed E-state index contributed by atoms with van der Waals surface area (Å²) < 4.78 is 1.82. The van der Waals surface area contributed by atoms with Crippen LogP contribution in [0.4, 0.5) is 0 Å². The number of nitrogens with one attached hydrogen (secondary N) is 1. The van der Waals surface area contributed by atoms with E-state index in [4.69, 9.17) is 23.2 Å². The number of hydrogen-bond donors (Lipinski definition) is 1. The molecule has 1 aromatic heterocycles. The first-order valence-electron chi connectivity index (χ1n) is 5.62. The SMILES string of the molecule is Cc1nn(C)c(CNCC(Cl)C2CC2)c1Cl. The van der Waals surface area contributed by atoms with Gasteiger partial charge in [0.15, 0.2) is 0 Å². The summed E-state index contributed by atoms with van der Waals surface area (Å²) in [6.45, 7) is 3.49. The van der Waals surface area contributed by atoms with Crippen LogP contribution in [0.1, 0.15) is 24.2 Å². The van der Waals surface area contributed by atoms with Crippen LogP contribution in [-0.2, 0) is 13.6 Å². The summed E-state index contributed by atoms with van der Waals surface area (Å²) in [5.41, 5.74) is 1.91. The van der Waals surface area contributed by atoms with Crippen LogP contribution in [0.5, 0.6) is 0 Å². The number of aromatic nitrogens is 2. The third kappa shape index (κ3) is 2.70. The Kier molecular flexibility index (Phi) is 3.77. The van der Waals surface area contributed by atoms with Gasteiger partial charge in [0.1, 0.15) is 0 Å². The summed E-state index contributed by atoms with van der Waals surface area (Å²) in [6, 6.07) is 0. The molecule has 1 aliphatic rings. The lowest BCUT2D eigenvalue weighted by Gasteiger charge is -2.09. The fourth-order valence-corrected chi connectivity index (χ4v) is 2.41. The zero-order valence-electron chi connectivity index (χ0n) is 9.63. The second-order valence-corrected chi connectivity index (χ2v) is 5.39. The van der Waals surface area contributed by atoms with Gasteiger partial charge in [-0.25, -0.2) is 0 Å². The Labute approximate surface area is 106 Å². The number of rotatable bonds is 5. The van der Waals surface area contributed by atoms with Gasteiger partial charge in [-0.05, 0) is 25.7 Å². The Morgan fingerprint density at radius 3 is 2.75 bits per heavy atom. The summed E-state index contributed by atoms with van der Waals surface area (Å²) in [5.74, 6) is 0.720. The lowest BCUT2D eigenvalue weighted by atomic mass is 10.3. The molecule has 1 unspecified atom stereocenters. The Bertz CT molecular complexity index is 372. The topological polar surface area (TPSA) is 29.9 Å². The van der Waals surface area contributed by atoms with Gasteiger partial charge in [-0.2, -0.15) is 5.10 Å². The van der Waals surface area contributed by atoms with E-state index in [9.17, 15) is 0 Å². The molecule has 0 bridgehead atoms. The minimum atomic E-state index is 0.257. The molecule has 0 aromatic carbocycles. The highest BCUT2D eigenvalue weighted by Gasteiger charge is 2.29. The van der Waals surface area contributed by atoms with Crippen LogP contribution < -0.4 is 5.32 Å². The largest absolute Gasteiger partial charge is 0.310 e. The highest BCUT2D eigenvalue weighted by atomic mass is 35.5. The predicted octanol–water partition coefficient (Wildman–Crippen LogP) is 2.49. The molecule has 1 aliphatic carbocycles. The summed E-state index contributed by atoms with van der Waals surface area (Å²) in [5, 5.41) is 8.62. The number of nitrogens with zero attached hydrogens (tertiary/aromatic N) is 2. The van der Waals surface area contributed by atoms with Crippen molar-refractivity contribution in [1.29, 1.82) is 0 Å². The summed E-state index contributed by atoms with van der Waals surface area (Å²) in [7, 11) is 1.91. The number of halogens is 2. The monoisotopic (exact) mass is 261 g/mol. The van der Waals surface area contributed by atoms with E-state index in [1.54, 1.807) is 0 Å². The van der Waals surface area contributed by atoms with E-state index in [1.165, 1.54) is 12.8 Å². The summed E-state index contributed by atoms with van der Waals surface area (Å²) in [6.07, 6.45) is 2.56. The minimum Gasteiger partial charge on any atom is -0.310 e. The Morgan fingerprint density at radius 2 is 2.25 bits per heavy atom. The molecule has 0 saturated heterocycles. The van der Waals surface area contributed by atoms with Gasteiger partial charge in [0.2, 0.25) is 0 Å². The first kappa shape index (κ1) is 12.2. The van der Waals surface area contributed by atoms with Crippen molar-refractivity contribution in [2.75, 3.05) is 6.54 Å². The molecule has 0 aliphatic heterocycles. The predicted molar refractivity (Wildman–Crippen MR) is 67.0 cm³/mol. The molecule has 0 amide bonds. The minimum absolute atomic E-state index is 0.257. The second-order valence-electron chi connectivity index (χ2n) is 4.45. The number of aryl methyl sites for hydroxylation is 2. The highest BCUT2D eigenvalue weighted by Crippen LogP contribution is 2.35. The number of alkyl halides is 1. The van der Waals surface area contributed by atoms with Gasteiger partial charge in [0, 0.05) is 25.5 Å². The molecule has 1 fully saturated rings. The summed E-state index contributed by atoms with van der Waals surface area (Å²) in [4.78, 5) is 0. The molecule has 1 saturated carbocycles. The third-order valence-electron chi connectivity index (χ3n) is 3.03. The molecule has 1 heterocycles. The first-order chi connectivity index (χ1) is 7.59. The molecule has 0 radical (unpaired) electrons. The van der Waals surface area contributed by atoms with E-state index in [1.807, 2.05) is 18.7 Å². The molecule has 1 aromatic rings. The van der Waals surface area contributed by atoms with Gasteiger partial charge in [-0.3, -0.25) is 4.68 Å². The van der Waals surface area contributed by atoms with Crippen molar-refractivity contribution in [3.05, 3.63) is 16.4 Å². The quantitative estimate of drug-likeness (QED) is 0.826. The van der Waals surface area contributed by atoms with E-state index in [0.29, 0.717) is 0 Å². The Morgan fingerprint density at radius 1 is 1.56 bits per heavy atom. The smallest absolute Gasteiger partial charge is 0.0860 e. The maximum Gasteiger partial charge on any atom is 0.0860 e. The van der Waals surface area contributed by atoms with E-state index in [0.717, 1.165) is 35.4 Å². The number of hydrogen-bond acceptors (Lipinski definition) is 2. The maximum absolute atomic E-state index is 6.21. The van der Waals surface area contributed by atoms with Crippen molar-refractivity contribution in [3.8, 4) is 0 Å². The normalized spacial score (nSPS) is 17.8. The Hall–Kier alpha value is -0.250. The van der Waals surface area contributed by atoms with Crippen LogP contribution in [0.25, 0.3) is 0 Å². The molecule has 0 spiro atoms. The van der Waals surface area contributed by atoms with Gasteiger partial charge in [-0.1, -0.05) is 11.6 Å². The van der Waals surface area contributed by atoms with E-state index >= 15 is 0 Å². The molecule has 16 heavy (non-hydrogen) atoms. The zero-order chi connectivity index (χ0) is 11.7. The average Bonchev–Trinajstić information content (AvgIpc) is 3.02. The molecule has 5 heteroatoms. The highest BCUT2D eigenvalue weighted by molar-refractivity contribution is 6.31. The van der Waals surface area contributed by atoms with Crippen molar-refractivity contribution in [2.45, 2.75) is 31.7 Å². The van der Waals surface area contributed by atoms with E-state index in [-0.39, 0.29) is 5.38 Å². The standard InChI is InChI=1S/C11H17Cl2N3/c1-7-11(13)10(16(2)15-7)6-14-5-9(12)8-3-4-8/h8-9,14H,3-6H2,1-2H3. The third-order valence-corrected chi connectivity index (χ3v) is 4.03. The molecule has 1 atom stereocenters. The first-order valence-corrected chi connectivity index (χ1v) is 6.43. The van der Waals surface area contributed by atoms with Crippen molar-refractivity contribution in [3.63, 3.8) is 0 Å². The summed E-state index contributed by atoms with van der Waals surface area (Å²) >= 11 is 12.4. The van der Waals surface area contributed by atoms with Crippen LogP contribution in [0, 0.1) is 12.8 Å². The average molecular weight is 262 g/mol. The van der Waals surface area contributed by atoms with Gasteiger partial charge in [0.05, 0.1) is 16.4 Å². The fraction of sp³-hybridized carbons (Fsp3) is 0.727. The van der Waals surface area contributed by atoms with Crippen molar-refractivity contribution in [2.24, 2.45) is 13.0 Å². The molecule has 1 N–H and O–H groups in total. The lowest BCUT2D eigenvalue weighted by Crippen LogP contribution is -2.25. The van der Waals surface area contributed by atoms with E-state index < -0.39 is 0 Å². The van der Waals surface area contributed by atoms with Gasteiger partial charge in [0.25, 0.3) is 0 Å². The maximum atomic E-state index is 6.21. The van der Waals surface area contributed by atoms with Gasteiger partial charge >= 0.3 is 0 Å². The zero-order valence-corrected chi connectivity index (χ0v) is 11.1. The molecule has 90 valence electrons. The van der Waals surface area contributed by atoms with Gasteiger partial charge < -0.3 is 5.32 Å². The van der Waals surface area contributed by atoms with Crippen LogP contribution in [0.2, 0.25) is 5.02 Å². The molecule has 3 nitrogen and oxygen atoms in total. The molecular weight excluding hydrogens is 245 g/mol. The van der Waals surface area contributed by atoms with Crippen LogP contribution in [0.3, 0.4) is 0 Å². The second kappa shape index (κ2) is 4.94. The van der Waals surface area contributed by atoms with E-state index in [2.05, 4.69) is 10.4 Å². The van der Waals surface area contributed by atoms with Crippen LogP contribution in [-0.4, -0.2) is 21.7 Å². The fourth-order valence-electron chi connectivity index (χ4n) is 1.83. The van der Waals surface area contributed by atoms with Gasteiger partial charge in [-0.15, -0.1) is 11.6 Å². The molecular formula is C11H17Cl2N3. The lowest BCUT2D eigenvalue weighted by molar-refractivity contribution is 0.589. The molecule has 2 rings (SSSR count). The van der Waals surface area contributed by atoms with Crippen LogP contribution >= 0.6 is 23.2 Å². The van der Waals surface area contributed by atoms with Crippen LogP contribution in [0.15, 0.2) is 0 Å². The van der Waals surface area contributed by atoms with Crippen molar-refractivity contribution >= 4 is 23.2 Å². The van der Waals surface area contributed by atoms with Crippen molar-refractivity contribution in [1.82, 2.24) is 15.1 Å². The van der Waals surface area contributed by atoms with Crippen molar-refractivity contribution < 1.29 is 0 Å².